The van der Waals surface area contributed by atoms with E-state index in [-0.39, 0.29) is 5.95 Å². The van der Waals surface area contributed by atoms with Crippen molar-refractivity contribution >= 4 is 11.5 Å². The van der Waals surface area contributed by atoms with Gasteiger partial charge in [0, 0.05) is 78.2 Å². The van der Waals surface area contributed by atoms with Crippen molar-refractivity contribution in [1.82, 2.24) is 34.3 Å². The van der Waals surface area contributed by atoms with E-state index in [0.717, 1.165) is 58.7 Å². The Morgan fingerprint density at radius 2 is 2.03 bits per heavy atom. The van der Waals surface area contributed by atoms with Gasteiger partial charge in [-0.1, -0.05) is 6.08 Å². The molecule has 156 valence electrons. The summed E-state index contributed by atoms with van der Waals surface area (Å²) in [4.78, 5) is 17.7. The molecule has 0 unspecified atom stereocenters. The Morgan fingerprint density at radius 1 is 1.13 bits per heavy atom. The van der Waals surface area contributed by atoms with Crippen molar-refractivity contribution in [1.29, 1.82) is 0 Å². The topological polar surface area (TPSA) is 100 Å². The lowest BCUT2D eigenvalue weighted by molar-refractivity contribution is 0.532. The quantitative estimate of drug-likeness (QED) is 0.521. The van der Waals surface area contributed by atoms with Crippen LogP contribution in [0, 0.1) is 0 Å². The highest BCUT2D eigenvalue weighted by Gasteiger charge is 2.20. The van der Waals surface area contributed by atoms with E-state index in [2.05, 4.69) is 52.2 Å². The molecule has 0 aliphatic heterocycles. The Balaban J connectivity index is 1.45. The SMILES string of the molecule is CC(C)n1cc(-c2cnc3c(c2)C(c2cc(CCn4ccnc4)nc(N)n2)=CC3)cn1. The summed E-state index contributed by atoms with van der Waals surface area (Å²) in [6.07, 6.45) is 15.1. The van der Waals surface area contributed by atoms with Crippen molar-refractivity contribution < 1.29 is 0 Å². The Morgan fingerprint density at radius 3 is 2.81 bits per heavy atom. The molecular weight excluding hydrogens is 388 g/mol. The van der Waals surface area contributed by atoms with Crippen LogP contribution in [0.1, 0.15) is 42.5 Å². The number of aryl methyl sites for hydroxylation is 2. The summed E-state index contributed by atoms with van der Waals surface area (Å²) in [6.45, 7) is 5.02. The van der Waals surface area contributed by atoms with E-state index < -0.39 is 0 Å². The number of nitrogens with zero attached hydrogens (tertiary/aromatic N) is 7. The van der Waals surface area contributed by atoms with Crippen molar-refractivity contribution in [2.45, 2.75) is 39.3 Å². The zero-order valence-corrected chi connectivity index (χ0v) is 17.6. The summed E-state index contributed by atoms with van der Waals surface area (Å²) in [5, 5.41) is 4.46. The fourth-order valence-electron chi connectivity index (χ4n) is 3.81. The lowest BCUT2D eigenvalue weighted by Crippen LogP contribution is -2.06. The molecule has 1 aliphatic carbocycles. The summed E-state index contributed by atoms with van der Waals surface area (Å²) < 4.78 is 3.98. The summed E-state index contributed by atoms with van der Waals surface area (Å²) in [5.41, 5.74) is 13.1. The molecule has 31 heavy (non-hydrogen) atoms. The van der Waals surface area contributed by atoms with Crippen LogP contribution in [0.15, 0.2) is 55.5 Å². The third kappa shape index (κ3) is 3.84. The van der Waals surface area contributed by atoms with Crippen LogP contribution in [0.25, 0.3) is 16.7 Å². The molecule has 0 saturated carbocycles. The second kappa shape index (κ2) is 7.79. The van der Waals surface area contributed by atoms with Crippen molar-refractivity contribution in [2.75, 3.05) is 5.73 Å². The molecule has 0 amide bonds. The van der Waals surface area contributed by atoms with Gasteiger partial charge in [0.05, 0.1) is 23.9 Å². The van der Waals surface area contributed by atoms with E-state index in [9.17, 15) is 0 Å². The van der Waals surface area contributed by atoms with E-state index >= 15 is 0 Å². The monoisotopic (exact) mass is 412 g/mol. The molecule has 8 nitrogen and oxygen atoms in total. The van der Waals surface area contributed by atoms with E-state index in [1.807, 2.05) is 33.9 Å². The van der Waals surface area contributed by atoms with Crippen LogP contribution in [0.2, 0.25) is 0 Å². The van der Waals surface area contributed by atoms with Gasteiger partial charge in [-0.25, -0.2) is 15.0 Å². The molecule has 2 N–H and O–H groups in total. The molecule has 4 aromatic rings. The van der Waals surface area contributed by atoms with Crippen LogP contribution < -0.4 is 5.73 Å². The molecule has 4 heterocycles. The maximum Gasteiger partial charge on any atom is 0.220 e. The molecule has 5 rings (SSSR count). The first-order valence-electron chi connectivity index (χ1n) is 10.4. The summed E-state index contributed by atoms with van der Waals surface area (Å²) in [5.74, 6) is 0.287. The van der Waals surface area contributed by atoms with Gasteiger partial charge < -0.3 is 10.3 Å². The Kier molecular flexibility index (Phi) is 4.82. The molecule has 0 aromatic carbocycles. The van der Waals surface area contributed by atoms with Gasteiger partial charge in [-0.2, -0.15) is 5.10 Å². The van der Waals surface area contributed by atoms with Crippen LogP contribution in [0.3, 0.4) is 0 Å². The number of hydrogen-bond donors (Lipinski definition) is 1. The number of aromatic nitrogens is 7. The number of hydrogen-bond acceptors (Lipinski definition) is 6. The number of pyridine rings is 1. The fourth-order valence-corrected chi connectivity index (χ4v) is 3.81. The molecule has 4 aromatic heterocycles. The highest BCUT2D eigenvalue weighted by atomic mass is 15.3. The van der Waals surface area contributed by atoms with Gasteiger partial charge in [0.1, 0.15) is 0 Å². The third-order valence-electron chi connectivity index (χ3n) is 5.48. The fraction of sp³-hybridized carbons (Fsp3) is 0.261. The molecule has 1 aliphatic rings. The molecule has 0 spiro atoms. The van der Waals surface area contributed by atoms with Crippen LogP contribution in [0.5, 0.6) is 0 Å². The highest BCUT2D eigenvalue weighted by molar-refractivity contribution is 5.84. The maximum atomic E-state index is 6.05. The summed E-state index contributed by atoms with van der Waals surface area (Å²) in [6, 6.07) is 4.51. The number of nitrogen functional groups attached to an aromatic ring is 1. The lowest BCUT2D eigenvalue weighted by atomic mass is 10.0. The predicted molar refractivity (Wildman–Crippen MR) is 119 cm³/mol. The normalized spacial score (nSPS) is 12.9. The summed E-state index contributed by atoms with van der Waals surface area (Å²) in [7, 11) is 0. The number of anilines is 1. The van der Waals surface area contributed by atoms with E-state index in [1.54, 1.807) is 12.5 Å². The van der Waals surface area contributed by atoms with Crippen LogP contribution >= 0.6 is 0 Å². The number of fused-ring (bicyclic) bond motifs is 1. The Labute approximate surface area is 180 Å². The molecule has 0 saturated heterocycles. The number of rotatable bonds is 6. The highest BCUT2D eigenvalue weighted by Crippen LogP contribution is 2.34. The molecule has 0 atom stereocenters. The molecule has 0 radical (unpaired) electrons. The summed E-state index contributed by atoms with van der Waals surface area (Å²) >= 11 is 0. The zero-order valence-electron chi connectivity index (χ0n) is 17.6. The standard InChI is InChI=1S/C23H24N8/c1-15(2)31-13-17(12-27-31)16-9-20-19(3-4-21(20)26-11-16)22-10-18(28-23(24)29-22)5-7-30-8-6-25-14-30/h3,6,8-15H,4-5,7H2,1-2H3,(H2,24,28,29). The minimum Gasteiger partial charge on any atom is -0.368 e. The first-order valence-corrected chi connectivity index (χ1v) is 10.4. The zero-order chi connectivity index (χ0) is 21.4. The van der Waals surface area contributed by atoms with Crippen molar-refractivity contribution in [3.05, 3.63) is 78.2 Å². The van der Waals surface area contributed by atoms with Gasteiger partial charge in [-0.05, 0) is 26.0 Å². The molecule has 8 heteroatoms. The molecular formula is C23H24N8. The van der Waals surface area contributed by atoms with Crippen molar-refractivity contribution in [2.24, 2.45) is 0 Å². The van der Waals surface area contributed by atoms with Gasteiger partial charge in [0.15, 0.2) is 0 Å². The largest absolute Gasteiger partial charge is 0.368 e. The van der Waals surface area contributed by atoms with Crippen molar-refractivity contribution in [3.8, 4) is 11.1 Å². The lowest BCUT2D eigenvalue weighted by Gasteiger charge is -2.10. The van der Waals surface area contributed by atoms with Gasteiger partial charge in [0.25, 0.3) is 0 Å². The Bertz CT molecular complexity index is 1250. The predicted octanol–water partition coefficient (Wildman–Crippen LogP) is 3.33. The van der Waals surface area contributed by atoms with Gasteiger partial charge >= 0.3 is 0 Å². The maximum absolute atomic E-state index is 6.05. The van der Waals surface area contributed by atoms with Crippen LogP contribution in [-0.4, -0.2) is 34.3 Å². The number of allylic oxidation sites excluding steroid dienone is 1. The first-order chi connectivity index (χ1) is 15.1. The second-order valence-corrected chi connectivity index (χ2v) is 8.00. The van der Waals surface area contributed by atoms with Gasteiger partial charge in [-0.3, -0.25) is 9.67 Å². The minimum atomic E-state index is 0.287. The van der Waals surface area contributed by atoms with Gasteiger partial charge in [0.2, 0.25) is 5.95 Å². The number of nitrogens with two attached hydrogens (primary N) is 1. The minimum absolute atomic E-state index is 0.287. The van der Waals surface area contributed by atoms with Crippen LogP contribution in [0.4, 0.5) is 5.95 Å². The van der Waals surface area contributed by atoms with E-state index in [0.29, 0.717) is 6.04 Å². The Hall–Kier alpha value is -3.81. The van der Waals surface area contributed by atoms with Crippen LogP contribution in [-0.2, 0) is 19.4 Å². The average Bonchev–Trinajstić information content (AvgIpc) is 3.52. The molecule has 0 fully saturated rings. The second-order valence-electron chi connectivity index (χ2n) is 8.00. The van der Waals surface area contributed by atoms with Gasteiger partial charge in [-0.15, -0.1) is 0 Å². The first kappa shape index (κ1) is 19.2. The third-order valence-corrected chi connectivity index (χ3v) is 5.48. The van der Waals surface area contributed by atoms with E-state index in [1.165, 1.54) is 0 Å². The number of imidazole rings is 1. The molecule has 0 bridgehead atoms. The average molecular weight is 413 g/mol. The van der Waals surface area contributed by atoms with Crippen molar-refractivity contribution in [3.63, 3.8) is 0 Å². The van der Waals surface area contributed by atoms with E-state index in [4.69, 9.17) is 10.7 Å². The smallest absolute Gasteiger partial charge is 0.220 e.